The summed E-state index contributed by atoms with van der Waals surface area (Å²) >= 11 is 1.57. The van der Waals surface area contributed by atoms with Gasteiger partial charge in [0.15, 0.2) is 9.84 Å². The van der Waals surface area contributed by atoms with Gasteiger partial charge in [-0.1, -0.05) is 12.1 Å². The van der Waals surface area contributed by atoms with E-state index < -0.39 is 9.84 Å². The predicted molar refractivity (Wildman–Crippen MR) is 145 cm³/mol. The molecule has 2 aliphatic carbocycles. The quantitative estimate of drug-likeness (QED) is 0.358. The number of sulfone groups is 1. The first-order chi connectivity index (χ1) is 17.8. The van der Waals surface area contributed by atoms with Crippen molar-refractivity contribution in [1.82, 2.24) is 15.3 Å². The van der Waals surface area contributed by atoms with E-state index in [0.29, 0.717) is 40.7 Å². The molecule has 0 saturated heterocycles. The number of anilines is 2. The maximum Gasteiger partial charge on any atom is 0.407 e. The Kier molecular flexibility index (Phi) is 7.48. The second-order valence-electron chi connectivity index (χ2n) is 10.0. The molecule has 2 fully saturated rings. The molecule has 0 aliphatic heterocycles. The van der Waals surface area contributed by atoms with E-state index >= 15 is 0 Å². The van der Waals surface area contributed by atoms with Crippen LogP contribution >= 0.6 is 11.3 Å². The molecular formula is C27H32N4O4S2. The van der Waals surface area contributed by atoms with Gasteiger partial charge in [0, 0.05) is 35.6 Å². The summed E-state index contributed by atoms with van der Waals surface area (Å²) in [6.45, 7) is 3.67. The van der Waals surface area contributed by atoms with Crippen LogP contribution in [0.15, 0.2) is 53.7 Å². The number of hydrogen-bond acceptors (Lipinski definition) is 8. The Hall–Kier alpha value is -2.98. The lowest BCUT2D eigenvalue weighted by molar-refractivity contribution is 0.109. The molecule has 196 valence electrons. The zero-order valence-electron chi connectivity index (χ0n) is 21.0. The zero-order chi connectivity index (χ0) is 26.0. The van der Waals surface area contributed by atoms with Crippen molar-refractivity contribution in [3.8, 4) is 10.4 Å². The summed E-state index contributed by atoms with van der Waals surface area (Å²) in [5.74, 6) is 0.958. The van der Waals surface area contributed by atoms with Gasteiger partial charge in [-0.25, -0.2) is 23.2 Å². The van der Waals surface area contributed by atoms with Crippen molar-refractivity contribution < 1.29 is 17.9 Å². The molecule has 3 aromatic rings. The summed E-state index contributed by atoms with van der Waals surface area (Å²) in [4.78, 5) is 22.1. The van der Waals surface area contributed by atoms with Crippen LogP contribution in [0.5, 0.6) is 0 Å². The molecule has 0 radical (unpaired) electrons. The molecule has 1 aromatic carbocycles. The zero-order valence-corrected chi connectivity index (χ0v) is 22.6. The first-order valence-electron chi connectivity index (χ1n) is 12.8. The van der Waals surface area contributed by atoms with Crippen LogP contribution in [0, 0.1) is 0 Å². The largest absolute Gasteiger partial charge is 0.447 e. The highest BCUT2D eigenvalue weighted by molar-refractivity contribution is 7.92. The lowest BCUT2D eigenvalue weighted by Crippen LogP contribution is -2.38. The third-order valence-corrected chi connectivity index (χ3v) is 10.2. The fourth-order valence-corrected chi connectivity index (χ4v) is 7.76. The molecule has 2 aromatic heterocycles. The fraction of sp³-hybridized carbons (Fsp3) is 0.444. The van der Waals surface area contributed by atoms with Crippen molar-refractivity contribution in [3.05, 3.63) is 53.8 Å². The molecular weight excluding hydrogens is 508 g/mol. The summed E-state index contributed by atoms with van der Waals surface area (Å²) < 4.78 is 32.0. The minimum Gasteiger partial charge on any atom is -0.447 e. The molecule has 37 heavy (non-hydrogen) atoms. The number of benzene rings is 1. The van der Waals surface area contributed by atoms with Crippen molar-refractivity contribution in [2.75, 3.05) is 5.32 Å². The number of aromatic nitrogens is 2. The average molecular weight is 541 g/mol. The molecule has 1 amide bonds. The number of rotatable bonds is 8. The summed E-state index contributed by atoms with van der Waals surface area (Å²) in [6.07, 6.45) is 7.96. The highest BCUT2D eigenvalue weighted by Gasteiger charge is 2.39. The van der Waals surface area contributed by atoms with Gasteiger partial charge in [0.1, 0.15) is 5.82 Å². The van der Waals surface area contributed by atoms with Crippen LogP contribution in [0.1, 0.15) is 63.3 Å². The van der Waals surface area contributed by atoms with Gasteiger partial charge in [0.2, 0.25) is 0 Å². The van der Waals surface area contributed by atoms with Gasteiger partial charge in [-0.05, 0) is 76.6 Å². The average Bonchev–Trinajstić information content (AvgIpc) is 3.63. The summed E-state index contributed by atoms with van der Waals surface area (Å²) in [5.41, 5.74) is 1.39. The Labute approximate surface area is 221 Å². The highest BCUT2D eigenvalue weighted by atomic mass is 32.2. The molecule has 0 atom stereocenters. The number of amides is 1. The Balaban J connectivity index is 1.33. The fourth-order valence-electron chi connectivity index (χ4n) is 4.68. The molecule has 2 saturated carbocycles. The van der Waals surface area contributed by atoms with E-state index in [-0.39, 0.29) is 23.5 Å². The van der Waals surface area contributed by atoms with E-state index in [1.165, 1.54) is 0 Å². The van der Waals surface area contributed by atoms with E-state index in [1.54, 1.807) is 29.8 Å². The summed E-state index contributed by atoms with van der Waals surface area (Å²) in [7, 11) is -3.44. The van der Waals surface area contributed by atoms with E-state index in [0.717, 1.165) is 35.6 Å². The van der Waals surface area contributed by atoms with E-state index in [4.69, 9.17) is 9.72 Å². The Morgan fingerprint density at radius 2 is 1.84 bits per heavy atom. The monoisotopic (exact) mass is 540 g/mol. The number of nitrogens with zero attached hydrogens (tertiary/aromatic N) is 2. The van der Waals surface area contributed by atoms with Crippen LogP contribution in [0.4, 0.5) is 16.3 Å². The Morgan fingerprint density at radius 3 is 2.51 bits per heavy atom. The maximum atomic E-state index is 13.4. The number of hydrogen-bond donors (Lipinski definition) is 2. The SMILES string of the molecule is CC(C)OC(=O)NC1CCC(c2ncc(-c3ccc(Nc4ccccn4)cc3S(=O)(=O)C3CC3)s2)CC1. The summed E-state index contributed by atoms with van der Waals surface area (Å²) in [5, 5.41) is 6.88. The van der Waals surface area contributed by atoms with Gasteiger partial charge in [0.05, 0.1) is 26.1 Å². The second kappa shape index (κ2) is 10.8. The first-order valence-corrected chi connectivity index (χ1v) is 15.1. The normalized spacial score (nSPS) is 20.0. The Morgan fingerprint density at radius 1 is 1.05 bits per heavy atom. The van der Waals surface area contributed by atoms with Crippen molar-refractivity contribution in [2.45, 2.75) is 80.6 Å². The number of carbonyl (C=O) groups excluding carboxylic acids is 1. The van der Waals surface area contributed by atoms with Crippen LogP contribution in [0.3, 0.4) is 0 Å². The van der Waals surface area contributed by atoms with Gasteiger partial charge in [-0.15, -0.1) is 11.3 Å². The van der Waals surface area contributed by atoms with Gasteiger partial charge >= 0.3 is 6.09 Å². The minimum atomic E-state index is -3.44. The third kappa shape index (κ3) is 6.13. The van der Waals surface area contributed by atoms with E-state index in [2.05, 4.69) is 15.6 Å². The maximum absolute atomic E-state index is 13.4. The number of nitrogens with one attached hydrogen (secondary N) is 2. The smallest absolute Gasteiger partial charge is 0.407 e. The number of carbonyl (C=O) groups is 1. The highest BCUT2D eigenvalue weighted by Crippen LogP contribution is 2.43. The number of thiazole rings is 1. The van der Waals surface area contributed by atoms with Crippen molar-refractivity contribution in [1.29, 1.82) is 0 Å². The van der Waals surface area contributed by atoms with Gasteiger partial charge in [-0.2, -0.15) is 0 Å². The van der Waals surface area contributed by atoms with E-state index in [9.17, 15) is 13.2 Å². The molecule has 2 heterocycles. The molecule has 8 nitrogen and oxygen atoms in total. The number of alkyl carbamates (subject to hydrolysis) is 1. The molecule has 10 heteroatoms. The van der Waals surface area contributed by atoms with Crippen molar-refractivity contribution in [3.63, 3.8) is 0 Å². The van der Waals surface area contributed by atoms with Crippen molar-refractivity contribution >= 4 is 38.8 Å². The number of ether oxygens (including phenoxy) is 1. The molecule has 2 aliphatic rings. The van der Waals surface area contributed by atoms with Gasteiger partial charge in [0.25, 0.3) is 0 Å². The van der Waals surface area contributed by atoms with Crippen LogP contribution < -0.4 is 10.6 Å². The molecule has 5 rings (SSSR count). The molecule has 0 unspecified atom stereocenters. The number of pyridine rings is 1. The van der Waals surface area contributed by atoms with Crippen LogP contribution in [-0.4, -0.2) is 41.9 Å². The summed E-state index contributed by atoms with van der Waals surface area (Å²) in [6, 6.07) is 11.2. The van der Waals surface area contributed by atoms with Crippen molar-refractivity contribution in [2.24, 2.45) is 0 Å². The van der Waals surface area contributed by atoms with E-state index in [1.807, 2.05) is 44.2 Å². The molecule has 2 N–H and O–H groups in total. The van der Waals surface area contributed by atoms with Crippen LogP contribution in [-0.2, 0) is 14.6 Å². The van der Waals surface area contributed by atoms with Crippen LogP contribution in [0.2, 0.25) is 0 Å². The second-order valence-corrected chi connectivity index (χ2v) is 13.3. The molecule has 0 bridgehead atoms. The van der Waals surface area contributed by atoms with Gasteiger partial charge < -0.3 is 15.4 Å². The minimum absolute atomic E-state index is 0.108. The standard InChI is InChI=1S/C27H32N4O4S2/c1-17(2)35-27(32)31-19-8-6-18(7-9-19)26-29-16-23(36-26)22-13-10-20(30-25-5-3-4-14-28-25)15-24(22)37(33,34)21-11-12-21/h3-5,10,13-19,21H,6-9,11-12H2,1-2H3,(H,28,30)(H,31,32). The van der Waals surface area contributed by atoms with Crippen LogP contribution in [0.25, 0.3) is 10.4 Å². The topological polar surface area (TPSA) is 110 Å². The third-order valence-electron chi connectivity index (χ3n) is 6.72. The van der Waals surface area contributed by atoms with Gasteiger partial charge in [-0.3, -0.25) is 0 Å². The first kappa shape index (κ1) is 25.7. The molecule has 0 spiro atoms. The Bertz CT molecular complexity index is 1350. The predicted octanol–water partition coefficient (Wildman–Crippen LogP) is 6.05. The lowest BCUT2D eigenvalue weighted by Gasteiger charge is -2.28. The lowest BCUT2D eigenvalue weighted by atomic mass is 9.86.